The van der Waals surface area contributed by atoms with Crippen molar-refractivity contribution in [2.45, 2.75) is 24.5 Å². The van der Waals surface area contributed by atoms with Gasteiger partial charge < -0.3 is 19.7 Å². The summed E-state index contributed by atoms with van der Waals surface area (Å²) in [6.45, 7) is -0.487. The average molecular weight is 270 g/mol. The molecule has 9 nitrogen and oxygen atoms in total. The molecule has 3 heterocycles. The summed E-state index contributed by atoms with van der Waals surface area (Å²) in [5, 5.41) is 18.9. The van der Waals surface area contributed by atoms with E-state index in [1.807, 2.05) is 4.98 Å². The van der Waals surface area contributed by atoms with Gasteiger partial charge in [-0.15, -0.1) is 0 Å². The van der Waals surface area contributed by atoms with Gasteiger partial charge >= 0.3 is 11.7 Å². The zero-order valence-electron chi connectivity index (χ0n) is 9.48. The van der Waals surface area contributed by atoms with E-state index in [9.17, 15) is 19.5 Å². The van der Waals surface area contributed by atoms with E-state index >= 15 is 0 Å². The summed E-state index contributed by atoms with van der Waals surface area (Å²) >= 11 is 0. The molecule has 0 saturated carbocycles. The molecule has 0 amide bonds. The highest BCUT2D eigenvalue weighted by Gasteiger charge is 2.51. The van der Waals surface area contributed by atoms with Crippen LogP contribution in [0.1, 0.15) is 16.7 Å². The number of nitrogens with zero attached hydrogens (tertiary/aromatic N) is 1. The Morgan fingerprint density at radius 1 is 1.37 bits per heavy atom. The molecule has 0 spiro atoms. The third-order valence-corrected chi connectivity index (χ3v) is 3.18. The van der Waals surface area contributed by atoms with E-state index in [2.05, 4.69) is 0 Å². The first-order chi connectivity index (χ1) is 9.02. The predicted octanol–water partition coefficient (Wildman–Crippen LogP) is -2.67. The molecule has 1 aromatic rings. The molecule has 2 aliphatic heterocycles. The van der Waals surface area contributed by atoms with Crippen LogP contribution in [0.2, 0.25) is 0 Å². The van der Waals surface area contributed by atoms with Gasteiger partial charge in [-0.05, 0) is 0 Å². The van der Waals surface area contributed by atoms with Gasteiger partial charge in [0.25, 0.3) is 5.56 Å². The first-order valence-electron chi connectivity index (χ1n) is 5.54. The number of fused-ring (bicyclic) bond motifs is 3. The van der Waals surface area contributed by atoms with Crippen LogP contribution in [0.4, 0.5) is 0 Å². The molecule has 3 rings (SSSR count). The summed E-state index contributed by atoms with van der Waals surface area (Å²) < 4.78 is 11.2. The van der Waals surface area contributed by atoms with E-state index in [4.69, 9.17) is 14.6 Å². The summed E-state index contributed by atoms with van der Waals surface area (Å²) in [5.74, 6) is -0.898. The first-order valence-corrected chi connectivity index (χ1v) is 5.54. The van der Waals surface area contributed by atoms with E-state index in [0.717, 1.165) is 10.6 Å². The number of carbonyl (C=O) groups is 1. The lowest BCUT2D eigenvalue weighted by Gasteiger charge is -2.28. The number of ether oxygens (including phenoxy) is 2. The van der Waals surface area contributed by atoms with Crippen LogP contribution in [0.3, 0.4) is 0 Å². The predicted molar refractivity (Wildman–Crippen MR) is 57.5 cm³/mol. The fourth-order valence-electron chi connectivity index (χ4n) is 2.30. The standard InChI is InChI=1S/C10H10N2O7/c13-2-4-6(15)7-8(18-4)12-3(9(16)19-7)1-5(14)11-10(12)17/h1,4,6-8,13,15H,2H2,(H,11,14,17)/t4-,6?,7+,8-/m1/s1. The van der Waals surface area contributed by atoms with Crippen LogP contribution in [0, 0.1) is 0 Å². The summed E-state index contributed by atoms with van der Waals surface area (Å²) in [6.07, 6.45) is -4.37. The van der Waals surface area contributed by atoms with Crippen LogP contribution in [-0.2, 0) is 9.47 Å². The van der Waals surface area contributed by atoms with E-state index in [1.54, 1.807) is 0 Å². The van der Waals surface area contributed by atoms with Crippen LogP contribution in [0.25, 0.3) is 0 Å². The van der Waals surface area contributed by atoms with Gasteiger partial charge in [0.15, 0.2) is 12.3 Å². The molecule has 9 heteroatoms. The minimum Gasteiger partial charge on any atom is -0.450 e. The van der Waals surface area contributed by atoms with Crippen molar-refractivity contribution in [1.82, 2.24) is 9.55 Å². The monoisotopic (exact) mass is 270 g/mol. The van der Waals surface area contributed by atoms with E-state index in [0.29, 0.717) is 0 Å². The maximum Gasteiger partial charge on any atom is 0.355 e. The Kier molecular flexibility index (Phi) is 2.55. The lowest BCUT2D eigenvalue weighted by Crippen LogP contribution is -2.47. The van der Waals surface area contributed by atoms with Crippen LogP contribution < -0.4 is 11.2 Å². The molecule has 2 aliphatic rings. The molecule has 0 aromatic carbocycles. The summed E-state index contributed by atoms with van der Waals surface area (Å²) in [4.78, 5) is 36.6. The van der Waals surface area contributed by atoms with E-state index in [1.165, 1.54) is 0 Å². The molecule has 4 atom stereocenters. The van der Waals surface area contributed by atoms with E-state index < -0.39 is 48.4 Å². The zero-order valence-corrected chi connectivity index (χ0v) is 9.48. The average Bonchev–Trinajstić information content (AvgIpc) is 2.66. The molecule has 0 bridgehead atoms. The second kappa shape index (κ2) is 4.02. The SMILES string of the molecule is O=C1O[C@H]2C(O)[C@@H](CO)O[C@H]2n2c1cc(=O)[nH]c2=O. The molecule has 102 valence electrons. The summed E-state index contributed by atoms with van der Waals surface area (Å²) in [5.41, 5.74) is -1.82. The number of esters is 1. The van der Waals surface area contributed by atoms with Crippen LogP contribution in [-0.4, -0.2) is 50.7 Å². The highest BCUT2D eigenvalue weighted by Crippen LogP contribution is 2.34. The topological polar surface area (TPSA) is 131 Å². The van der Waals surface area contributed by atoms with Gasteiger partial charge in [-0.2, -0.15) is 0 Å². The van der Waals surface area contributed by atoms with Gasteiger partial charge in [0, 0.05) is 6.07 Å². The largest absolute Gasteiger partial charge is 0.450 e. The first kappa shape index (κ1) is 12.1. The van der Waals surface area contributed by atoms with Gasteiger partial charge in [0.05, 0.1) is 6.61 Å². The van der Waals surface area contributed by atoms with Gasteiger partial charge in [-0.3, -0.25) is 14.3 Å². The molecule has 1 aromatic heterocycles. The Labute approximate surface area is 105 Å². The number of hydrogen-bond donors (Lipinski definition) is 3. The molecule has 1 fully saturated rings. The van der Waals surface area contributed by atoms with Crippen molar-refractivity contribution in [3.63, 3.8) is 0 Å². The highest BCUT2D eigenvalue weighted by atomic mass is 16.6. The number of aromatic amines is 1. The van der Waals surface area contributed by atoms with Gasteiger partial charge in [-0.1, -0.05) is 0 Å². The van der Waals surface area contributed by atoms with Crippen molar-refractivity contribution in [3.8, 4) is 0 Å². The summed E-state index contributed by atoms with van der Waals surface area (Å²) in [7, 11) is 0. The fourth-order valence-corrected chi connectivity index (χ4v) is 2.30. The number of aliphatic hydroxyl groups excluding tert-OH is 2. The molecule has 0 radical (unpaired) electrons. The van der Waals surface area contributed by atoms with Crippen LogP contribution in [0.5, 0.6) is 0 Å². The lowest BCUT2D eigenvalue weighted by atomic mass is 10.1. The van der Waals surface area contributed by atoms with Crippen molar-refractivity contribution in [2.75, 3.05) is 6.61 Å². The van der Waals surface area contributed by atoms with Crippen LogP contribution in [0.15, 0.2) is 15.7 Å². The van der Waals surface area contributed by atoms with Gasteiger partial charge in [0.1, 0.15) is 17.9 Å². The minimum absolute atomic E-state index is 0.249. The third-order valence-electron chi connectivity index (χ3n) is 3.18. The number of rotatable bonds is 1. The number of carbonyl (C=O) groups excluding carboxylic acids is 1. The van der Waals surface area contributed by atoms with Crippen molar-refractivity contribution >= 4 is 5.97 Å². The molecule has 1 saturated heterocycles. The molecule has 19 heavy (non-hydrogen) atoms. The second-order valence-electron chi connectivity index (χ2n) is 4.30. The Morgan fingerprint density at radius 2 is 2.11 bits per heavy atom. The maximum absolute atomic E-state index is 11.8. The van der Waals surface area contributed by atoms with Crippen molar-refractivity contribution in [2.24, 2.45) is 0 Å². The van der Waals surface area contributed by atoms with Crippen molar-refractivity contribution in [1.29, 1.82) is 0 Å². The highest BCUT2D eigenvalue weighted by molar-refractivity contribution is 5.88. The fraction of sp³-hybridized carbons (Fsp3) is 0.500. The molecule has 0 aliphatic carbocycles. The number of hydrogen-bond acceptors (Lipinski definition) is 7. The molecule has 3 N–H and O–H groups in total. The molecular weight excluding hydrogens is 260 g/mol. The smallest absolute Gasteiger partial charge is 0.355 e. The number of nitrogens with one attached hydrogen (secondary N) is 1. The third kappa shape index (κ3) is 1.63. The van der Waals surface area contributed by atoms with Gasteiger partial charge in [-0.25, -0.2) is 9.59 Å². The number of H-pyrrole nitrogens is 1. The molecular formula is C10H10N2O7. The maximum atomic E-state index is 11.8. The second-order valence-corrected chi connectivity index (χ2v) is 4.30. The molecule has 1 unspecified atom stereocenters. The Balaban J connectivity index is 2.17. The van der Waals surface area contributed by atoms with Gasteiger partial charge in [0.2, 0.25) is 0 Å². The Bertz CT molecular complexity index is 648. The minimum atomic E-state index is -1.24. The Morgan fingerprint density at radius 3 is 2.79 bits per heavy atom. The normalized spacial score (nSPS) is 32.6. The van der Waals surface area contributed by atoms with Crippen LogP contribution >= 0.6 is 0 Å². The van der Waals surface area contributed by atoms with Crippen molar-refractivity contribution in [3.05, 3.63) is 32.6 Å². The number of aliphatic hydroxyl groups is 2. The lowest BCUT2D eigenvalue weighted by molar-refractivity contribution is -0.0733. The zero-order chi connectivity index (χ0) is 13.7. The van der Waals surface area contributed by atoms with Crippen molar-refractivity contribution < 1.29 is 24.5 Å². The Hall–Kier alpha value is -1.97. The summed E-state index contributed by atoms with van der Waals surface area (Å²) in [6, 6.07) is 0.919. The quantitative estimate of drug-likeness (QED) is 0.474. The number of aromatic nitrogens is 2. The van der Waals surface area contributed by atoms with E-state index in [-0.39, 0.29) is 5.69 Å².